The van der Waals surface area contributed by atoms with Gasteiger partial charge in [-0.1, -0.05) is 19.1 Å². The Labute approximate surface area is 63.2 Å². The monoisotopic (exact) mass is 137 g/mol. The van der Waals surface area contributed by atoms with Gasteiger partial charge in [0.05, 0.1) is 0 Å². The fourth-order valence-corrected chi connectivity index (χ4v) is 0.410. The van der Waals surface area contributed by atoms with Gasteiger partial charge in [-0.25, -0.2) is 0 Å². The molecule has 0 saturated heterocycles. The minimum atomic E-state index is 0.995. The lowest BCUT2D eigenvalue weighted by molar-refractivity contribution is 1.16. The van der Waals surface area contributed by atoms with Gasteiger partial charge in [0.15, 0.2) is 0 Å². The Kier molecular flexibility index (Phi) is 4.55. The standard InChI is InChI=1S/C9H15N/c1-5-9(4)6-7-10-8(2)3/h6-7H,4-5H2,1-3H3/b7-6-. The molecule has 0 aromatic rings. The number of hydrogen-bond donors (Lipinski definition) is 0. The lowest BCUT2D eigenvalue weighted by Gasteiger charge is -1.88. The summed E-state index contributed by atoms with van der Waals surface area (Å²) in [6.45, 7) is 9.84. The fourth-order valence-electron chi connectivity index (χ4n) is 0.410. The highest BCUT2D eigenvalue weighted by Gasteiger charge is 1.78. The molecule has 0 amide bonds. The first-order chi connectivity index (χ1) is 4.66. The van der Waals surface area contributed by atoms with Crippen molar-refractivity contribution in [3.63, 3.8) is 0 Å². The van der Waals surface area contributed by atoms with Crippen LogP contribution < -0.4 is 0 Å². The van der Waals surface area contributed by atoms with Crippen LogP contribution in [0.2, 0.25) is 0 Å². The molecule has 0 saturated carbocycles. The van der Waals surface area contributed by atoms with Gasteiger partial charge < -0.3 is 0 Å². The molecule has 0 aromatic heterocycles. The molecule has 1 heteroatoms. The highest BCUT2D eigenvalue weighted by Crippen LogP contribution is 1.97. The van der Waals surface area contributed by atoms with Crippen LogP contribution in [0.4, 0.5) is 0 Å². The van der Waals surface area contributed by atoms with Gasteiger partial charge in [0.25, 0.3) is 0 Å². The Bertz CT molecular complexity index is 160. The summed E-state index contributed by atoms with van der Waals surface area (Å²) in [4.78, 5) is 4.09. The first kappa shape index (κ1) is 9.15. The summed E-state index contributed by atoms with van der Waals surface area (Å²) in [7, 11) is 0. The quantitative estimate of drug-likeness (QED) is 0.419. The van der Waals surface area contributed by atoms with Gasteiger partial charge in [-0.15, -0.1) is 0 Å². The molecule has 0 unspecified atom stereocenters. The van der Waals surface area contributed by atoms with Gasteiger partial charge in [0, 0.05) is 11.9 Å². The van der Waals surface area contributed by atoms with E-state index in [2.05, 4.69) is 18.5 Å². The summed E-state index contributed by atoms with van der Waals surface area (Å²) in [6.07, 6.45) is 4.73. The maximum atomic E-state index is 4.09. The van der Waals surface area contributed by atoms with Crippen LogP contribution in [0.1, 0.15) is 27.2 Å². The predicted octanol–water partition coefficient (Wildman–Crippen LogP) is 2.95. The van der Waals surface area contributed by atoms with Crippen molar-refractivity contribution < 1.29 is 0 Å². The van der Waals surface area contributed by atoms with E-state index in [1.165, 1.54) is 0 Å². The molecule has 56 valence electrons. The minimum Gasteiger partial charge on any atom is -0.266 e. The van der Waals surface area contributed by atoms with Crippen molar-refractivity contribution >= 4 is 5.71 Å². The Balaban J connectivity index is 3.77. The first-order valence-electron chi connectivity index (χ1n) is 3.52. The van der Waals surface area contributed by atoms with Crippen LogP contribution in [0.5, 0.6) is 0 Å². The second kappa shape index (κ2) is 4.98. The van der Waals surface area contributed by atoms with Gasteiger partial charge in [0.1, 0.15) is 0 Å². The Morgan fingerprint density at radius 1 is 1.50 bits per heavy atom. The molecule has 0 radical (unpaired) electrons. The summed E-state index contributed by atoms with van der Waals surface area (Å²) < 4.78 is 0. The van der Waals surface area contributed by atoms with E-state index in [-0.39, 0.29) is 0 Å². The van der Waals surface area contributed by atoms with Gasteiger partial charge in [-0.3, -0.25) is 4.99 Å². The average molecular weight is 137 g/mol. The third kappa shape index (κ3) is 5.29. The van der Waals surface area contributed by atoms with Crippen LogP contribution >= 0.6 is 0 Å². The molecule has 1 nitrogen and oxygen atoms in total. The first-order valence-corrected chi connectivity index (χ1v) is 3.52. The number of allylic oxidation sites excluding steroid dienone is 2. The fraction of sp³-hybridized carbons (Fsp3) is 0.444. The maximum absolute atomic E-state index is 4.09. The highest BCUT2D eigenvalue weighted by atomic mass is 14.7. The van der Waals surface area contributed by atoms with Gasteiger partial charge in [-0.05, 0) is 26.3 Å². The zero-order chi connectivity index (χ0) is 7.98. The van der Waals surface area contributed by atoms with Gasteiger partial charge in [-0.2, -0.15) is 0 Å². The van der Waals surface area contributed by atoms with Crippen LogP contribution in [-0.4, -0.2) is 5.71 Å². The van der Waals surface area contributed by atoms with Crippen molar-refractivity contribution in [2.45, 2.75) is 27.2 Å². The lowest BCUT2D eigenvalue weighted by Crippen LogP contribution is -1.76. The maximum Gasteiger partial charge on any atom is 0.0269 e. The molecule has 0 spiro atoms. The highest BCUT2D eigenvalue weighted by molar-refractivity contribution is 5.79. The van der Waals surface area contributed by atoms with Crippen LogP contribution in [0.15, 0.2) is 29.4 Å². The van der Waals surface area contributed by atoms with Crippen molar-refractivity contribution in [1.82, 2.24) is 0 Å². The van der Waals surface area contributed by atoms with Crippen LogP contribution in [0.3, 0.4) is 0 Å². The Morgan fingerprint density at radius 2 is 2.10 bits per heavy atom. The van der Waals surface area contributed by atoms with Gasteiger partial charge in [0.2, 0.25) is 0 Å². The molecule has 0 rings (SSSR count). The summed E-state index contributed by atoms with van der Waals surface area (Å²) in [6, 6.07) is 0. The van der Waals surface area contributed by atoms with E-state index in [4.69, 9.17) is 0 Å². The van der Waals surface area contributed by atoms with Crippen LogP contribution in [-0.2, 0) is 0 Å². The number of aliphatic imine (C=N–C) groups is 1. The smallest absolute Gasteiger partial charge is 0.0269 e. The molecule has 10 heavy (non-hydrogen) atoms. The van der Waals surface area contributed by atoms with Crippen molar-refractivity contribution in [2.75, 3.05) is 0 Å². The van der Waals surface area contributed by atoms with E-state index in [1.54, 1.807) is 6.20 Å². The van der Waals surface area contributed by atoms with Crippen LogP contribution in [0, 0.1) is 0 Å². The molecule has 0 aromatic carbocycles. The summed E-state index contributed by atoms with van der Waals surface area (Å²) in [5.41, 5.74) is 2.19. The number of rotatable bonds is 3. The van der Waals surface area contributed by atoms with E-state index < -0.39 is 0 Å². The summed E-state index contributed by atoms with van der Waals surface area (Å²) in [5.74, 6) is 0. The van der Waals surface area contributed by atoms with Crippen molar-refractivity contribution in [1.29, 1.82) is 0 Å². The zero-order valence-corrected chi connectivity index (χ0v) is 7.02. The Morgan fingerprint density at radius 3 is 2.50 bits per heavy atom. The number of nitrogens with zero attached hydrogens (tertiary/aromatic N) is 1. The number of hydrogen-bond acceptors (Lipinski definition) is 1. The van der Waals surface area contributed by atoms with E-state index in [0.717, 1.165) is 17.7 Å². The molecular weight excluding hydrogens is 122 g/mol. The minimum absolute atomic E-state index is 0.995. The lowest BCUT2D eigenvalue weighted by atomic mass is 10.2. The van der Waals surface area contributed by atoms with Crippen LogP contribution in [0.25, 0.3) is 0 Å². The van der Waals surface area contributed by atoms with Crippen molar-refractivity contribution in [3.8, 4) is 0 Å². The molecule has 0 fully saturated rings. The predicted molar refractivity (Wildman–Crippen MR) is 47.4 cm³/mol. The third-order valence-corrected chi connectivity index (χ3v) is 1.10. The Hall–Kier alpha value is -0.850. The average Bonchev–Trinajstić information content (AvgIpc) is 1.87. The van der Waals surface area contributed by atoms with Crippen molar-refractivity contribution in [2.24, 2.45) is 4.99 Å². The molecule has 0 heterocycles. The largest absolute Gasteiger partial charge is 0.266 e. The second-order valence-electron chi connectivity index (χ2n) is 2.40. The summed E-state index contributed by atoms with van der Waals surface area (Å²) >= 11 is 0. The third-order valence-electron chi connectivity index (χ3n) is 1.10. The molecule has 0 bridgehead atoms. The molecule has 0 aliphatic carbocycles. The molecule has 0 aliphatic rings. The molecule has 0 aliphatic heterocycles. The SMILES string of the molecule is C=C(/C=C\N=C(C)C)CC. The van der Waals surface area contributed by atoms with E-state index >= 15 is 0 Å². The molecule has 0 atom stereocenters. The normalized spacial score (nSPS) is 9.90. The molecular formula is C9H15N. The van der Waals surface area contributed by atoms with E-state index in [9.17, 15) is 0 Å². The molecule has 0 N–H and O–H groups in total. The van der Waals surface area contributed by atoms with E-state index in [1.807, 2.05) is 19.9 Å². The summed E-state index contributed by atoms with van der Waals surface area (Å²) in [5, 5.41) is 0. The van der Waals surface area contributed by atoms with Gasteiger partial charge >= 0.3 is 0 Å². The zero-order valence-electron chi connectivity index (χ0n) is 7.02. The van der Waals surface area contributed by atoms with Crippen molar-refractivity contribution in [3.05, 3.63) is 24.4 Å². The topological polar surface area (TPSA) is 12.4 Å². The van der Waals surface area contributed by atoms with E-state index in [0.29, 0.717) is 0 Å². The second-order valence-corrected chi connectivity index (χ2v) is 2.40.